The van der Waals surface area contributed by atoms with E-state index in [1.165, 1.54) is 28.0 Å². The first-order chi connectivity index (χ1) is 22.2. The fourth-order valence-corrected chi connectivity index (χ4v) is 7.83. The maximum atomic E-state index is 13.6. The van der Waals surface area contributed by atoms with Crippen molar-refractivity contribution in [3.05, 3.63) is 139 Å². The molecule has 1 fully saturated rings. The van der Waals surface area contributed by atoms with E-state index in [4.69, 9.17) is 27.9 Å². The number of rotatable bonds is 9. The zero-order valence-corrected chi connectivity index (χ0v) is 28.8. The molecule has 2 heterocycles. The second kappa shape index (κ2) is 14.0. The van der Waals surface area contributed by atoms with Crippen LogP contribution in [0.15, 0.2) is 105 Å². The number of aliphatic hydroxyl groups is 1. The van der Waals surface area contributed by atoms with Crippen LogP contribution in [0.4, 0.5) is 5.13 Å². The summed E-state index contributed by atoms with van der Waals surface area (Å²) in [5, 5.41) is 21.4. The molecule has 1 aliphatic rings. The van der Waals surface area contributed by atoms with Crippen molar-refractivity contribution in [2.45, 2.75) is 29.7 Å². The minimum absolute atomic E-state index is 0.0473. The average Bonchev–Trinajstić information content (AvgIpc) is 3.61. The van der Waals surface area contributed by atoms with E-state index in [1.54, 1.807) is 54.6 Å². The molecular formula is C34H24BrCl2N3O4S2. The maximum Gasteiger partial charge on any atom is 0.301 e. The molecule has 1 aromatic heterocycles. The van der Waals surface area contributed by atoms with Crippen molar-refractivity contribution in [3.8, 4) is 5.75 Å². The lowest BCUT2D eigenvalue weighted by Gasteiger charge is -2.22. The molecule has 0 aliphatic carbocycles. The summed E-state index contributed by atoms with van der Waals surface area (Å²) in [6.07, 6.45) is 0. The molecule has 1 saturated heterocycles. The van der Waals surface area contributed by atoms with Gasteiger partial charge in [-0.1, -0.05) is 110 Å². The van der Waals surface area contributed by atoms with Crippen LogP contribution >= 0.6 is 62.2 Å². The van der Waals surface area contributed by atoms with Crippen LogP contribution in [0.2, 0.25) is 10.0 Å². The Bertz CT molecular complexity index is 1980. The predicted octanol–water partition coefficient (Wildman–Crippen LogP) is 9.41. The van der Waals surface area contributed by atoms with Crippen LogP contribution in [0.3, 0.4) is 0 Å². The van der Waals surface area contributed by atoms with Gasteiger partial charge in [-0.3, -0.25) is 14.5 Å². The van der Waals surface area contributed by atoms with E-state index in [9.17, 15) is 14.7 Å². The van der Waals surface area contributed by atoms with Crippen molar-refractivity contribution in [2.75, 3.05) is 4.90 Å². The second-order valence-electron chi connectivity index (χ2n) is 10.4. The first kappa shape index (κ1) is 32.3. The zero-order chi connectivity index (χ0) is 32.4. The number of anilines is 1. The number of hydrogen-bond donors (Lipinski definition) is 1. The van der Waals surface area contributed by atoms with Gasteiger partial charge in [-0.2, -0.15) is 0 Å². The number of amides is 1. The van der Waals surface area contributed by atoms with E-state index < -0.39 is 17.7 Å². The van der Waals surface area contributed by atoms with Gasteiger partial charge in [-0.05, 0) is 72.1 Å². The van der Waals surface area contributed by atoms with Gasteiger partial charge in [0.2, 0.25) is 5.13 Å². The lowest BCUT2D eigenvalue weighted by molar-refractivity contribution is -0.132. The summed E-state index contributed by atoms with van der Waals surface area (Å²) >= 11 is 18.4. The van der Waals surface area contributed by atoms with Gasteiger partial charge in [0, 0.05) is 25.8 Å². The Labute approximate surface area is 292 Å². The Hall–Kier alpha value is -3.67. The normalized spacial score (nSPS) is 15.8. The van der Waals surface area contributed by atoms with E-state index in [1.807, 2.05) is 37.3 Å². The molecular weight excluding hydrogens is 729 g/mol. The fraction of sp³-hybridized carbons (Fsp3) is 0.118. The average molecular weight is 754 g/mol. The second-order valence-corrected chi connectivity index (χ2v) is 14.3. The Morgan fingerprint density at radius 3 is 2.52 bits per heavy atom. The van der Waals surface area contributed by atoms with Gasteiger partial charge < -0.3 is 9.84 Å². The number of benzene rings is 4. The third kappa shape index (κ3) is 7.01. The summed E-state index contributed by atoms with van der Waals surface area (Å²) in [5.41, 5.74) is 3.99. The van der Waals surface area contributed by atoms with Gasteiger partial charge in [-0.25, -0.2) is 0 Å². The van der Waals surface area contributed by atoms with Crippen LogP contribution in [-0.2, 0) is 21.9 Å². The van der Waals surface area contributed by atoms with Crippen molar-refractivity contribution >= 4 is 84.8 Å². The van der Waals surface area contributed by atoms with E-state index in [-0.39, 0.29) is 16.5 Å². The smallest absolute Gasteiger partial charge is 0.301 e. The van der Waals surface area contributed by atoms with Crippen LogP contribution in [0.5, 0.6) is 5.75 Å². The topological polar surface area (TPSA) is 92.6 Å². The van der Waals surface area contributed by atoms with Crippen molar-refractivity contribution < 1.29 is 19.4 Å². The standard InChI is InChI=1S/C34H24BrCl2N3O4S2/c1-19-4-2-5-20(14-19)17-44-26-12-9-21(10-13-26)30(41)28-29(22-6-3-7-24(35)15-22)40(32(43)31(28)42)33-38-39-34(46-33)45-18-23-8-11-25(36)16-27(23)37/h2-16,29,41H,17-18H2,1H3/b30-28+. The molecule has 0 radical (unpaired) electrons. The van der Waals surface area contributed by atoms with Crippen molar-refractivity contribution in [3.63, 3.8) is 0 Å². The summed E-state index contributed by atoms with van der Waals surface area (Å²) < 4.78 is 7.25. The molecule has 1 N–H and O–H groups in total. The number of aryl methyl sites for hydroxylation is 1. The lowest BCUT2D eigenvalue weighted by atomic mass is 9.95. The van der Waals surface area contributed by atoms with Crippen LogP contribution in [0.1, 0.15) is 33.9 Å². The summed E-state index contributed by atoms with van der Waals surface area (Å²) in [4.78, 5) is 28.5. The number of halogens is 3. The van der Waals surface area contributed by atoms with Gasteiger partial charge in [-0.15, -0.1) is 10.2 Å². The first-order valence-corrected chi connectivity index (χ1v) is 17.3. The van der Waals surface area contributed by atoms with Crippen molar-refractivity contribution in [1.29, 1.82) is 0 Å². The van der Waals surface area contributed by atoms with E-state index in [0.29, 0.717) is 43.6 Å². The van der Waals surface area contributed by atoms with Gasteiger partial charge in [0.25, 0.3) is 5.78 Å². The van der Waals surface area contributed by atoms with Gasteiger partial charge >= 0.3 is 5.91 Å². The fourth-order valence-electron chi connectivity index (χ4n) is 4.99. The minimum atomic E-state index is -0.939. The highest BCUT2D eigenvalue weighted by molar-refractivity contribution is 9.10. The molecule has 7 nitrogen and oxygen atoms in total. The van der Waals surface area contributed by atoms with Crippen LogP contribution in [0.25, 0.3) is 5.76 Å². The number of thioether (sulfide) groups is 1. The molecule has 12 heteroatoms. The first-order valence-electron chi connectivity index (χ1n) is 13.9. The number of aliphatic hydroxyl groups excluding tert-OH is 1. The summed E-state index contributed by atoms with van der Waals surface area (Å²) in [6, 6.07) is 26.4. The third-order valence-corrected chi connectivity index (χ3v) is 10.4. The number of ether oxygens (including phenoxy) is 1. The molecule has 5 aromatic rings. The molecule has 6 rings (SSSR count). The van der Waals surface area contributed by atoms with E-state index >= 15 is 0 Å². The molecule has 1 unspecified atom stereocenters. The van der Waals surface area contributed by atoms with Gasteiger partial charge in [0.15, 0.2) is 4.34 Å². The predicted molar refractivity (Wildman–Crippen MR) is 187 cm³/mol. The SMILES string of the molecule is Cc1cccc(COc2ccc(/C(O)=C3\C(=O)C(=O)N(c4nnc(SCc5ccc(Cl)cc5Cl)s4)C3c3cccc(Br)c3)cc2)c1. The molecule has 46 heavy (non-hydrogen) atoms. The molecule has 1 amide bonds. The number of Topliss-reactive ketones (excluding diaryl/α,β-unsaturated/α-hetero) is 1. The number of carbonyl (C=O) groups is 2. The highest BCUT2D eigenvalue weighted by atomic mass is 79.9. The highest BCUT2D eigenvalue weighted by Crippen LogP contribution is 2.44. The van der Waals surface area contributed by atoms with Gasteiger partial charge in [0.1, 0.15) is 18.1 Å². The Kier molecular flexibility index (Phi) is 9.81. The van der Waals surface area contributed by atoms with Gasteiger partial charge in [0.05, 0.1) is 11.6 Å². The number of hydrogen-bond acceptors (Lipinski definition) is 8. The number of ketones is 1. The Morgan fingerprint density at radius 2 is 1.78 bits per heavy atom. The van der Waals surface area contributed by atoms with Crippen molar-refractivity contribution in [1.82, 2.24) is 10.2 Å². The quantitative estimate of drug-likeness (QED) is 0.0527. The summed E-state index contributed by atoms with van der Waals surface area (Å²) in [5.74, 6) is -0.825. The van der Waals surface area contributed by atoms with Crippen molar-refractivity contribution in [2.24, 2.45) is 0 Å². The molecule has 4 aromatic carbocycles. The number of aromatic nitrogens is 2. The number of nitrogens with zero attached hydrogens (tertiary/aromatic N) is 3. The molecule has 1 aliphatic heterocycles. The Morgan fingerprint density at radius 1 is 1.00 bits per heavy atom. The molecule has 1 atom stereocenters. The third-order valence-electron chi connectivity index (χ3n) is 7.19. The maximum absolute atomic E-state index is 13.6. The molecule has 0 bridgehead atoms. The van der Waals surface area contributed by atoms with Crippen LogP contribution < -0.4 is 9.64 Å². The van der Waals surface area contributed by atoms with E-state index in [2.05, 4.69) is 32.2 Å². The molecule has 0 spiro atoms. The van der Waals surface area contributed by atoms with Crippen LogP contribution in [0, 0.1) is 6.92 Å². The molecule has 0 saturated carbocycles. The minimum Gasteiger partial charge on any atom is -0.507 e. The molecule has 232 valence electrons. The largest absolute Gasteiger partial charge is 0.507 e. The summed E-state index contributed by atoms with van der Waals surface area (Å²) in [6.45, 7) is 2.41. The number of carbonyl (C=O) groups excluding carboxylic acids is 2. The highest BCUT2D eigenvalue weighted by Gasteiger charge is 2.48. The zero-order valence-electron chi connectivity index (χ0n) is 24.1. The monoisotopic (exact) mass is 751 g/mol. The summed E-state index contributed by atoms with van der Waals surface area (Å²) in [7, 11) is 0. The van der Waals surface area contributed by atoms with E-state index in [0.717, 1.165) is 21.2 Å². The lowest BCUT2D eigenvalue weighted by Crippen LogP contribution is -2.29. The Balaban J connectivity index is 1.29. The van der Waals surface area contributed by atoms with Crippen LogP contribution in [-0.4, -0.2) is 27.0 Å².